The minimum absolute atomic E-state index is 0.0179. The molecule has 13 heavy (non-hydrogen) atoms. The lowest BCUT2D eigenvalue weighted by atomic mass is 10.3. The van der Waals surface area contributed by atoms with Gasteiger partial charge in [0.15, 0.2) is 0 Å². The maximum Gasteiger partial charge on any atom is 0.387 e. The highest BCUT2D eigenvalue weighted by atomic mass is 35.5. The minimum Gasteiger partial charge on any atom is -0.433 e. The molecule has 0 fully saturated rings. The van der Waals surface area contributed by atoms with Crippen LogP contribution in [0.5, 0.6) is 5.75 Å². The van der Waals surface area contributed by atoms with Crippen LogP contribution in [0.15, 0.2) is 18.2 Å². The normalized spacial score (nSPS) is 10.2. The summed E-state index contributed by atoms with van der Waals surface area (Å²) in [5.41, 5.74) is 0.742. The number of rotatable bonds is 3. The van der Waals surface area contributed by atoms with Crippen molar-refractivity contribution in [1.82, 2.24) is 0 Å². The number of anilines is 1. The molecule has 0 aliphatic heterocycles. The van der Waals surface area contributed by atoms with Crippen molar-refractivity contribution in [3.63, 3.8) is 0 Å². The van der Waals surface area contributed by atoms with Gasteiger partial charge in [-0.3, -0.25) is 0 Å². The number of benzene rings is 1. The van der Waals surface area contributed by atoms with E-state index in [1.54, 1.807) is 13.1 Å². The monoisotopic (exact) mass is 207 g/mol. The topological polar surface area (TPSA) is 21.3 Å². The fourth-order valence-electron chi connectivity index (χ4n) is 0.848. The Bertz CT molecular complexity index is 293. The van der Waals surface area contributed by atoms with Crippen LogP contribution in [0.4, 0.5) is 14.5 Å². The van der Waals surface area contributed by atoms with E-state index in [2.05, 4.69) is 10.1 Å². The molecule has 0 saturated carbocycles. The molecule has 0 aromatic heterocycles. The van der Waals surface area contributed by atoms with E-state index in [9.17, 15) is 8.78 Å². The van der Waals surface area contributed by atoms with Crippen molar-refractivity contribution in [2.24, 2.45) is 0 Å². The van der Waals surface area contributed by atoms with Crippen molar-refractivity contribution >= 4 is 17.3 Å². The Morgan fingerprint density at radius 1 is 1.46 bits per heavy atom. The standard InChI is InChI=1S/C8H8ClF2NO/c1-12-5-2-3-7(6(9)4-5)13-8(10)11/h2-4,8,12H,1H3. The zero-order valence-corrected chi connectivity index (χ0v) is 7.61. The summed E-state index contributed by atoms with van der Waals surface area (Å²) < 4.78 is 27.7. The summed E-state index contributed by atoms with van der Waals surface area (Å²) in [4.78, 5) is 0. The summed E-state index contributed by atoms with van der Waals surface area (Å²) in [6.45, 7) is -2.85. The highest BCUT2D eigenvalue weighted by Gasteiger charge is 2.08. The summed E-state index contributed by atoms with van der Waals surface area (Å²) in [7, 11) is 1.71. The number of alkyl halides is 2. The van der Waals surface area contributed by atoms with Gasteiger partial charge in [-0.2, -0.15) is 8.78 Å². The van der Waals surface area contributed by atoms with Gasteiger partial charge in [0, 0.05) is 12.7 Å². The summed E-state index contributed by atoms with van der Waals surface area (Å²) in [6.07, 6.45) is 0. The molecular formula is C8H8ClF2NO. The molecule has 0 atom stereocenters. The molecule has 1 aromatic rings. The Balaban J connectivity index is 2.85. The first-order valence-corrected chi connectivity index (χ1v) is 3.93. The molecule has 2 nitrogen and oxygen atoms in total. The van der Waals surface area contributed by atoms with Gasteiger partial charge in [-0.15, -0.1) is 0 Å². The van der Waals surface area contributed by atoms with E-state index in [1.807, 2.05) is 0 Å². The Hall–Kier alpha value is -1.03. The van der Waals surface area contributed by atoms with Crippen LogP contribution in [0, 0.1) is 0 Å². The zero-order chi connectivity index (χ0) is 9.84. The van der Waals surface area contributed by atoms with E-state index < -0.39 is 6.61 Å². The molecule has 0 heterocycles. The number of hydrogen-bond donors (Lipinski definition) is 1. The number of ether oxygens (including phenoxy) is 1. The molecule has 0 saturated heterocycles. The second-order valence-electron chi connectivity index (χ2n) is 2.27. The van der Waals surface area contributed by atoms with Gasteiger partial charge in [0.25, 0.3) is 0 Å². The zero-order valence-electron chi connectivity index (χ0n) is 6.85. The number of nitrogens with one attached hydrogen (secondary N) is 1. The third-order valence-corrected chi connectivity index (χ3v) is 1.73. The van der Waals surface area contributed by atoms with Crippen molar-refractivity contribution in [2.75, 3.05) is 12.4 Å². The van der Waals surface area contributed by atoms with Crippen molar-refractivity contribution < 1.29 is 13.5 Å². The Labute approximate surface area is 79.5 Å². The van der Waals surface area contributed by atoms with Gasteiger partial charge >= 0.3 is 6.61 Å². The molecule has 0 aliphatic carbocycles. The summed E-state index contributed by atoms with van der Waals surface area (Å²) in [5, 5.41) is 2.98. The smallest absolute Gasteiger partial charge is 0.387 e. The first-order chi connectivity index (χ1) is 6.13. The molecular weight excluding hydrogens is 200 g/mol. The van der Waals surface area contributed by atoms with Gasteiger partial charge in [0.2, 0.25) is 0 Å². The van der Waals surface area contributed by atoms with Gasteiger partial charge < -0.3 is 10.1 Å². The molecule has 0 bridgehead atoms. The minimum atomic E-state index is -2.85. The molecule has 1 aromatic carbocycles. The Morgan fingerprint density at radius 2 is 2.15 bits per heavy atom. The average molecular weight is 208 g/mol. The fourth-order valence-corrected chi connectivity index (χ4v) is 1.07. The second kappa shape index (κ2) is 4.28. The third kappa shape index (κ3) is 2.73. The number of hydrogen-bond acceptors (Lipinski definition) is 2. The van der Waals surface area contributed by atoms with Gasteiger partial charge in [-0.1, -0.05) is 11.6 Å². The van der Waals surface area contributed by atoms with E-state index in [4.69, 9.17) is 11.6 Å². The van der Waals surface area contributed by atoms with Crippen LogP contribution >= 0.6 is 11.6 Å². The quantitative estimate of drug-likeness (QED) is 0.823. The molecule has 0 amide bonds. The van der Waals surface area contributed by atoms with Crippen LogP contribution in [0.2, 0.25) is 5.02 Å². The SMILES string of the molecule is CNc1ccc(OC(F)F)c(Cl)c1. The lowest BCUT2D eigenvalue weighted by Crippen LogP contribution is -2.02. The molecule has 5 heteroatoms. The van der Waals surface area contributed by atoms with E-state index in [-0.39, 0.29) is 10.8 Å². The highest BCUT2D eigenvalue weighted by molar-refractivity contribution is 6.32. The van der Waals surface area contributed by atoms with Crippen molar-refractivity contribution in [3.05, 3.63) is 23.2 Å². The maximum absolute atomic E-state index is 11.8. The van der Waals surface area contributed by atoms with Crippen LogP contribution < -0.4 is 10.1 Å². The highest BCUT2D eigenvalue weighted by Crippen LogP contribution is 2.28. The molecule has 1 rings (SSSR count). The van der Waals surface area contributed by atoms with Crippen LogP contribution in [-0.4, -0.2) is 13.7 Å². The van der Waals surface area contributed by atoms with E-state index in [0.29, 0.717) is 0 Å². The Kier molecular flexibility index (Phi) is 3.31. The largest absolute Gasteiger partial charge is 0.433 e. The molecule has 0 radical (unpaired) electrons. The van der Waals surface area contributed by atoms with Crippen molar-refractivity contribution in [2.45, 2.75) is 6.61 Å². The van der Waals surface area contributed by atoms with Crippen LogP contribution in [-0.2, 0) is 0 Å². The first kappa shape index (κ1) is 10.1. The van der Waals surface area contributed by atoms with Crippen LogP contribution in [0.3, 0.4) is 0 Å². The second-order valence-corrected chi connectivity index (χ2v) is 2.68. The molecule has 0 unspecified atom stereocenters. The molecule has 1 N–H and O–H groups in total. The van der Waals surface area contributed by atoms with Gasteiger partial charge in [0.05, 0.1) is 5.02 Å². The van der Waals surface area contributed by atoms with Crippen LogP contribution in [0.25, 0.3) is 0 Å². The maximum atomic E-state index is 11.8. The fraction of sp³-hybridized carbons (Fsp3) is 0.250. The van der Waals surface area contributed by atoms with E-state index in [0.717, 1.165) is 5.69 Å². The van der Waals surface area contributed by atoms with Gasteiger partial charge in [-0.25, -0.2) is 0 Å². The van der Waals surface area contributed by atoms with Crippen molar-refractivity contribution in [3.8, 4) is 5.75 Å². The predicted molar refractivity (Wildman–Crippen MR) is 47.6 cm³/mol. The van der Waals surface area contributed by atoms with Crippen molar-refractivity contribution in [1.29, 1.82) is 0 Å². The summed E-state index contributed by atoms with van der Waals surface area (Å²) >= 11 is 5.65. The van der Waals surface area contributed by atoms with Crippen LogP contribution in [0.1, 0.15) is 0 Å². The van der Waals surface area contributed by atoms with Gasteiger partial charge in [0.1, 0.15) is 5.75 Å². The average Bonchev–Trinajstić information content (AvgIpc) is 2.08. The Morgan fingerprint density at radius 3 is 2.62 bits per heavy atom. The summed E-state index contributed by atoms with van der Waals surface area (Å²) in [5.74, 6) is -0.0179. The lowest BCUT2D eigenvalue weighted by molar-refractivity contribution is -0.0497. The molecule has 0 spiro atoms. The first-order valence-electron chi connectivity index (χ1n) is 3.55. The number of halogens is 3. The van der Waals surface area contributed by atoms with E-state index >= 15 is 0 Å². The lowest BCUT2D eigenvalue weighted by Gasteiger charge is -2.07. The molecule has 72 valence electrons. The summed E-state index contributed by atoms with van der Waals surface area (Å²) in [6, 6.07) is 4.50. The molecule has 0 aliphatic rings. The van der Waals surface area contributed by atoms with E-state index in [1.165, 1.54) is 12.1 Å². The third-order valence-electron chi connectivity index (χ3n) is 1.44. The van der Waals surface area contributed by atoms with Gasteiger partial charge in [-0.05, 0) is 18.2 Å². The predicted octanol–water partition coefficient (Wildman–Crippen LogP) is 2.98.